The van der Waals surface area contributed by atoms with Crippen molar-refractivity contribution in [2.45, 2.75) is 30.6 Å². The molecule has 13 nitrogen and oxygen atoms in total. The van der Waals surface area contributed by atoms with Crippen LogP contribution in [0, 0.1) is 0 Å². The summed E-state index contributed by atoms with van der Waals surface area (Å²) in [6.07, 6.45) is 0.137. The number of nitrogens with zero attached hydrogens (tertiary/aromatic N) is 2. The fraction of sp³-hybridized carbons (Fsp3) is 0.600. The predicted octanol–water partition coefficient (Wildman–Crippen LogP) is 0.726. The molecule has 0 amide bonds. The van der Waals surface area contributed by atoms with E-state index < -0.39 is 52.7 Å². The average Bonchev–Trinajstić information content (AvgIpc) is 2.99. The Morgan fingerprint density at radius 2 is 1.97 bits per heavy atom. The van der Waals surface area contributed by atoms with Crippen molar-refractivity contribution in [3.05, 3.63) is 22.7 Å². The van der Waals surface area contributed by atoms with Crippen molar-refractivity contribution in [2.24, 2.45) is 0 Å². The number of ether oxygens (including phenoxy) is 1. The van der Waals surface area contributed by atoms with Crippen molar-refractivity contribution in [1.29, 1.82) is 0 Å². The second-order valence-corrected chi connectivity index (χ2v) is 11.4. The van der Waals surface area contributed by atoms with E-state index in [0.717, 1.165) is 4.57 Å². The Bertz CT molecular complexity index is 971. The summed E-state index contributed by atoms with van der Waals surface area (Å²) in [5, 5.41) is -5.56. The Morgan fingerprint density at radius 1 is 1.34 bits per heavy atom. The minimum atomic E-state index is -6.49. The number of nitrogen functional groups attached to an aromatic ring is 1. The first-order chi connectivity index (χ1) is 13.1. The molecule has 0 aliphatic carbocycles. The molecule has 162 valence electrons. The van der Waals surface area contributed by atoms with Crippen LogP contribution < -0.4 is 11.4 Å². The van der Waals surface area contributed by atoms with Gasteiger partial charge in [-0.25, -0.2) is 9.11 Å². The molecule has 2 radical (unpaired) electrons. The van der Waals surface area contributed by atoms with Gasteiger partial charge in [0, 0.05) is 6.20 Å². The van der Waals surface area contributed by atoms with Gasteiger partial charge in [-0.3, -0.25) is 18.3 Å². The van der Waals surface area contributed by atoms with E-state index in [-0.39, 0.29) is 18.7 Å². The Hall–Kier alpha value is -0.945. The van der Waals surface area contributed by atoms with Gasteiger partial charge in [-0.15, -0.1) is 0 Å². The fourth-order valence-corrected chi connectivity index (χ4v) is 6.07. The highest BCUT2D eigenvalue weighted by molar-refractivity contribution is 7.86. The molecule has 1 aliphatic heterocycles. The van der Waals surface area contributed by atoms with Crippen molar-refractivity contribution in [3.8, 4) is 0 Å². The molecule has 2 unspecified atom stereocenters. The van der Waals surface area contributed by atoms with Crippen LogP contribution >= 0.6 is 22.7 Å². The Balaban J connectivity index is 1.99. The molecule has 0 spiro atoms. The molecule has 1 aromatic rings. The highest BCUT2D eigenvalue weighted by atomic mass is 31.3. The van der Waals surface area contributed by atoms with Gasteiger partial charge in [-0.2, -0.15) is 13.8 Å². The smallest absolute Gasteiger partial charge is 0.383 e. The van der Waals surface area contributed by atoms with Crippen LogP contribution in [-0.4, -0.2) is 49.9 Å². The lowest BCUT2D eigenvalue weighted by atomic mass is 10.2. The van der Waals surface area contributed by atoms with E-state index in [9.17, 15) is 27.3 Å². The van der Waals surface area contributed by atoms with Gasteiger partial charge in [0.05, 0.1) is 12.7 Å². The number of alkyl halides is 2. The predicted molar refractivity (Wildman–Crippen MR) is 93.3 cm³/mol. The van der Waals surface area contributed by atoms with Gasteiger partial charge >= 0.3 is 26.3 Å². The first kappa shape index (κ1) is 24.3. The maximum atomic E-state index is 13.4. The summed E-state index contributed by atoms with van der Waals surface area (Å²) >= 11 is 0. The van der Waals surface area contributed by atoms with Gasteiger partial charge in [-0.1, -0.05) is 0 Å². The van der Waals surface area contributed by atoms with Gasteiger partial charge < -0.3 is 29.7 Å². The second kappa shape index (κ2) is 8.29. The molecular formula is C10H15BF2N3O10P3. The molecule has 19 heteroatoms. The summed E-state index contributed by atoms with van der Waals surface area (Å²) < 4.78 is 75.5. The summed E-state index contributed by atoms with van der Waals surface area (Å²) in [5.74, 6) is -0.00844. The van der Waals surface area contributed by atoms with Crippen LogP contribution in [0.1, 0.15) is 19.1 Å². The van der Waals surface area contributed by atoms with Crippen molar-refractivity contribution in [1.82, 2.24) is 9.55 Å². The first-order valence-corrected chi connectivity index (χ1v) is 12.4. The monoisotopic (exact) mass is 479 g/mol. The van der Waals surface area contributed by atoms with Crippen molar-refractivity contribution in [2.75, 3.05) is 12.3 Å². The summed E-state index contributed by atoms with van der Waals surface area (Å²) in [5.41, 5.74) is 4.66. The third-order valence-electron chi connectivity index (χ3n) is 3.60. The molecular weight excluding hydrogens is 464 g/mol. The van der Waals surface area contributed by atoms with Gasteiger partial charge in [0.2, 0.25) is 7.57 Å². The largest absolute Gasteiger partial charge is 0.444 e. The summed E-state index contributed by atoms with van der Waals surface area (Å²) in [4.78, 5) is 41.3. The highest BCUT2D eigenvalue weighted by Gasteiger charge is 2.66. The van der Waals surface area contributed by atoms with Crippen molar-refractivity contribution >= 4 is 36.0 Å². The van der Waals surface area contributed by atoms with E-state index in [1.165, 1.54) is 12.3 Å². The Kier molecular flexibility index (Phi) is 6.96. The minimum absolute atomic E-state index is 0.00844. The van der Waals surface area contributed by atoms with Gasteiger partial charge in [-0.05, 0) is 18.9 Å². The average molecular weight is 479 g/mol. The van der Waals surface area contributed by atoms with E-state index in [0.29, 0.717) is 0 Å². The maximum absolute atomic E-state index is 13.4. The number of halogens is 2. The topological polar surface area (TPSA) is 200 Å². The number of anilines is 1. The van der Waals surface area contributed by atoms with E-state index in [2.05, 4.69) is 13.8 Å². The zero-order valence-corrected chi connectivity index (χ0v) is 17.0. The molecule has 1 aliphatic rings. The second-order valence-electron chi connectivity index (χ2n) is 5.82. The minimum Gasteiger partial charge on any atom is -0.383 e. The molecule has 2 rings (SSSR count). The molecule has 0 bridgehead atoms. The third-order valence-corrected chi connectivity index (χ3v) is 8.83. The molecule has 1 aromatic heterocycles. The van der Waals surface area contributed by atoms with Crippen LogP contribution in [-0.2, 0) is 27.3 Å². The van der Waals surface area contributed by atoms with Crippen LogP contribution in [0.2, 0.25) is 0 Å². The lowest BCUT2D eigenvalue weighted by molar-refractivity contribution is -0.0207. The summed E-state index contributed by atoms with van der Waals surface area (Å²) in [7, 11) is -13.1. The van der Waals surface area contributed by atoms with Crippen LogP contribution in [0.15, 0.2) is 17.1 Å². The zero-order valence-electron chi connectivity index (χ0n) is 14.3. The molecule has 29 heavy (non-hydrogen) atoms. The Labute approximate surface area is 162 Å². The molecule has 1 saturated heterocycles. The van der Waals surface area contributed by atoms with Crippen LogP contribution in [0.3, 0.4) is 0 Å². The highest BCUT2D eigenvalue weighted by Crippen LogP contribution is 2.77. The lowest BCUT2D eigenvalue weighted by Gasteiger charge is -2.25. The quantitative estimate of drug-likeness (QED) is 0.301. The van der Waals surface area contributed by atoms with Gasteiger partial charge in [0.25, 0.3) is 7.47 Å². The van der Waals surface area contributed by atoms with Crippen molar-refractivity contribution < 1.29 is 50.7 Å². The number of aromatic nitrogens is 2. The Morgan fingerprint density at radius 3 is 2.52 bits per heavy atom. The zero-order chi connectivity index (χ0) is 22.3. The standard InChI is InChI=1S/C10H15BF2N3O10P3/c11-29(23,26-28(21,22)10(12,13)27(18,19)20)24-5-6-1-2-8(25-6)16-4-3-7(14)15-9(16)17/h3-4,6,8H,1-2,5H2,(H,21,22)(H2,14,15,17)(H2,18,19,20)/t6-,8+,29?/m0/s1. The van der Waals surface area contributed by atoms with Gasteiger partial charge in [0.15, 0.2) is 0 Å². The molecule has 1 fully saturated rings. The van der Waals surface area contributed by atoms with Crippen LogP contribution in [0.5, 0.6) is 0 Å². The van der Waals surface area contributed by atoms with E-state index in [1.54, 1.807) is 0 Å². The molecule has 4 atom stereocenters. The summed E-state index contributed by atoms with van der Waals surface area (Å²) in [6, 6.07) is 1.34. The number of hydrogen-bond donors (Lipinski definition) is 4. The fourth-order valence-electron chi connectivity index (χ4n) is 2.24. The molecule has 5 N–H and O–H groups in total. The van der Waals surface area contributed by atoms with E-state index in [1.807, 2.05) is 0 Å². The number of rotatable bonds is 8. The molecule has 0 aromatic carbocycles. The van der Waals surface area contributed by atoms with E-state index in [4.69, 9.17) is 32.7 Å². The normalized spacial score (nSPS) is 24.7. The van der Waals surface area contributed by atoms with Crippen LogP contribution in [0.4, 0.5) is 14.6 Å². The van der Waals surface area contributed by atoms with Crippen molar-refractivity contribution in [3.63, 3.8) is 0 Å². The first-order valence-electron chi connectivity index (χ1n) is 7.57. The number of hydrogen-bond acceptors (Lipinski definition) is 9. The maximum Gasteiger partial charge on any atom is 0.444 e. The van der Waals surface area contributed by atoms with Gasteiger partial charge in [0.1, 0.15) is 12.0 Å². The molecule has 2 heterocycles. The van der Waals surface area contributed by atoms with Crippen LogP contribution in [0.25, 0.3) is 0 Å². The third kappa shape index (κ3) is 5.60. The molecule has 0 saturated carbocycles. The number of nitrogens with two attached hydrogens (primary N) is 1. The SMILES string of the molecule is [B]P(=O)(OC[C@@H]1CC[C@H](n2ccc(N)nc2=O)O1)OP(=O)(O)C(F)(F)P(=O)(O)O. The lowest BCUT2D eigenvalue weighted by Crippen LogP contribution is -2.27. The summed E-state index contributed by atoms with van der Waals surface area (Å²) in [6.45, 7) is -0.664. The van der Waals surface area contributed by atoms with E-state index >= 15 is 0 Å².